The van der Waals surface area contributed by atoms with Crippen LogP contribution in [0.1, 0.15) is 5.56 Å². The zero-order valence-corrected chi connectivity index (χ0v) is 11.1. The second-order valence-corrected chi connectivity index (χ2v) is 4.78. The summed E-state index contributed by atoms with van der Waals surface area (Å²) in [5.74, 6) is 0.480. The molecule has 0 aliphatic carbocycles. The van der Waals surface area contributed by atoms with Crippen LogP contribution in [-0.4, -0.2) is 17.0 Å². The standard InChI is InChI=1S/C15H15FN4/c1-20(9-10-4-2-3-5-12(10)16)15-18-13-7-6-11(17)8-14(13)19-15/h2-8H,9,17H2,1H3,(H,18,19). The lowest BCUT2D eigenvalue weighted by atomic mass is 10.2. The van der Waals surface area contributed by atoms with Crippen molar-refractivity contribution < 1.29 is 4.39 Å². The lowest BCUT2D eigenvalue weighted by Crippen LogP contribution is -2.18. The van der Waals surface area contributed by atoms with E-state index in [4.69, 9.17) is 5.73 Å². The van der Waals surface area contributed by atoms with Crippen molar-refractivity contribution in [1.29, 1.82) is 0 Å². The molecular weight excluding hydrogens is 255 g/mol. The van der Waals surface area contributed by atoms with Crippen LogP contribution in [0.3, 0.4) is 0 Å². The summed E-state index contributed by atoms with van der Waals surface area (Å²) < 4.78 is 13.6. The highest BCUT2D eigenvalue weighted by molar-refractivity contribution is 5.80. The number of fused-ring (bicyclic) bond motifs is 1. The molecular formula is C15H15FN4. The Bertz CT molecular complexity index is 750. The SMILES string of the molecule is CN(Cc1ccccc1F)c1nc2ccc(N)cc2[nH]1. The summed E-state index contributed by atoms with van der Waals surface area (Å²) >= 11 is 0. The van der Waals surface area contributed by atoms with Gasteiger partial charge in [0.25, 0.3) is 0 Å². The second-order valence-electron chi connectivity index (χ2n) is 4.78. The average Bonchev–Trinajstić information content (AvgIpc) is 2.84. The number of aromatic nitrogens is 2. The van der Waals surface area contributed by atoms with Crippen molar-refractivity contribution in [2.24, 2.45) is 0 Å². The Kier molecular flexibility index (Phi) is 3.02. The molecule has 0 amide bonds. The van der Waals surface area contributed by atoms with E-state index in [0.29, 0.717) is 23.7 Å². The average molecular weight is 270 g/mol. The number of nitrogens with two attached hydrogens (primary N) is 1. The fourth-order valence-corrected chi connectivity index (χ4v) is 2.15. The van der Waals surface area contributed by atoms with Gasteiger partial charge in [-0.2, -0.15) is 0 Å². The third kappa shape index (κ3) is 2.30. The van der Waals surface area contributed by atoms with E-state index in [1.807, 2.05) is 36.2 Å². The first-order chi connectivity index (χ1) is 9.63. The molecule has 0 fully saturated rings. The Balaban J connectivity index is 1.89. The molecule has 0 unspecified atom stereocenters. The van der Waals surface area contributed by atoms with Crippen LogP contribution in [0.25, 0.3) is 11.0 Å². The van der Waals surface area contributed by atoms with Crippen LogP contribution in [-0.2, 0) is 6.54 Å². The third-order valence-corrected chi connectivity index (χ3v) is 3.22. The Hall–Kier alpha value is -2.56. The van der Waals surface area contributed by atoms with Gasteiger partial charge in [0, 0.05) is 24.8 Å². The van der Waals surface area contributed by atoms with Gasteiger partial charge in [0.2, 0.25) is 5.95 Å². The largest absolute Gasteiger partial charge is 0.399 e. The molecule has 2 aromatic carbocycles. The molecule has 20 heavy (non-hydrogen) atoms. The molecule has 0 radical (unpaired) electrons. The van der Waals surface area contributed by atoms with Gasteiger partial charge in [-0.3, -0.25) is 0 Å². The third-order valence-electron chi connectivity index (χ3n) is 3.22. The van der Waals surface area contributed by atoms with Crippen LogP contribution in [0.4, 0.5) is 16.0 Å². The van der Waals surface area contributed by atoms with Crippen molar-refractivity contribution in [3.63, 3.8) is 0 Å². The number of imidazole rings is 1. The number of hydrogen-bond donors (Lipinski definition) is 2. The summed E-state index contributed by atoms with van der Waals surface area (Å²) in [5.41, 5.74) is 8.78. The molecule has 102 valence electrons. The van der Waals surface area contributed by atoms with Crippen LogP contribution in [0.15, 0.2) is 42.5 Å². The van der Waals surface area contributed by atoms with Crippen molar-refractivity contribution in [1.82, 2.24) is 9.97 Å². The normalized spacial score (nSPS) is 10.9. The topological polar surface area (TPSA) is 57.9 Å². The van der Waals surface area contributed by atoms with Gasteiger partial charge >= 0.3 is 0 Å². The molecule has 3 N–H and O–H groups in total. The van der Waals surface area contributed by atoms with Crippen LogP contribution in [0, 0.1) is 5.82 Å². The zero-order valence-electron chi connectivity index (χ0n) is 11.1. The monoisotopic (exact) mass is 270 g/mol. The number of aromatic amines is 1. The van der Waals surface area contributed by atoms with Crippen molar-refractivity contribution in [2.75, 3.05) is 17.7 Å². The summed E-state index contributed by atoms with van der Waals surface area (Å²) in [5, 5.41) is 0. The molecule has 0 saturated heterocycles. The Morgan fingerprint density at radius 1 is 1.25 bits per heavy atom. The number of halogens is 1. The molecule has 0 aliphatic heterocycles. The number of nitrogens with zero attached hydrogens (tertiary/aromatic N) is 2. The van der Waals surface area contributed by atoms with Crippen molar-refractivity contribution in [3.05, 3.63) is 53.8 Å². The minimum absolute atomic E-state index is 0.209. The van der Waals surface area contributed by atoms with E-state index < -0.39 is 0 Å². The predicted octanol–water partition coefficient (Wildman–Crippen LogP) is 2.92. The number of nitrogens with one attached hydrogen (secondary N) is 1. The fourth-order valence-electron chi connectivity index (χ4n) is 2.15. The minimum atomic E-state index is -0.209. The molecule has 0 aliphatic rings. The summed E-state index contributed by atoms with van der Waals surface area (Å²) in [6.45, 7) is 0.446. The predicted molar refractivity (Wildman–Crippen MR) is 79.0 cm³/mol. The molecule has 4 nitrogen and oxygen atoms in total. The van der Waals surface area contributed by atoms with E-state index in [1.54, 1.807) is 12.1 Å². The molecule has 3 aromatic rings. The van der Waals surface area contributed by atoms with E-state index in [-0.39, 0.29) is 5.82 Å². The minimum Gasteiger partial charge on any atom is -0.399 e. The number of anilines is 2. The molecule has 1 heterocycles. The van der Waals surface area contributed by atoms with Gasteiger partial charge < -0.3 is 15.6 Å². The van der Waals surface area contributed by atoms with E-state index in [0.717, 1.165) is 11.0 Å². The van der Waals surface area contributed by atoms with Gasteiger partial charge in [-0.25, -0.2) is 9.37 Å². The van der Waals surface area contributed by atoms with E-state index in [1.165, 1.54) is 6.07 Å². The van der Waals surface area contributed by atoms with Crippen LogP contribution < -0.4 is 10.6 Å². The highest BCUT2D eigenvalue weighted by Crippen LogP contribution is 2.20. The Labute approximate surface area is 116 Å². The first kappa shape index (κ1) is 12.5. The first-order valence-corrected chi connectivity index (χ1v) is 6.33. The Morgan fingerprint density at radius 3 is 2.85 bits per heavy atom. The lowest BCUT2D eigenvalue weighted by Gasteiger charge is -2.16. The quantitative estimate of drug-likeness (QED) is 0.719. The maximum atomic E-state index is 13.6. The molecule has 0 atom stereocenters. The summed E-state index contributed by atoms with van der Waals surface area (Å²) in [7, 11) is 1.87. The molecule has 0 bridgehead atoms. The van der Waals surface area contributed by atoms with Gasteiger partial charge in [-0.05, 0) is 24.3 Å². The van der Waals surface area contributed by atoms with Gasteiger partial charge in [0.05, 0.1) is 11.0 Å². The van der Waals surface area contributed by atoms with Crippen molar-refractivity contribution in [2.45, 2.75) is 6.54 Å². The van der Waals surface area contributed by atoms with Crippen LogP contribution >= 0.6 is 0 Å². The number of benzene rings is 2. The van der Waals surface area contributed by atoms with Gasteiger partial charge in [0.1, 0.15) is 5.82 Å². The van der Waals surface area contributed by atoms with Crippen LogP contribution in [0.2, 0.25) is 0 Å². The van der Waals surface area contributed by atoms with Crippen molar-refractivity contribution in [3.8, 4) is 0 Å². The number of rotatable bonds is 3. The van der Waals surface area contributed by atoms with E-state index in [9.17, 15) is 4.39 Å². The summed E-state index contributed by atoms with van der Waals surface area (Å²) in [4.78, 5) is 9.53. The second kappa shape index (κ2) is 4.85. The van der Waals surface area contributed by atoms with Crippen molar-refractivity contribution >= 4 is 22.7 Å². The van der Waals surface area contributed by atoms with Gasteiger partial charge in [0.15, 0.2) is 0 Å². The number of nitrogen functional groups attached to an aromatic ring is 1. The van der Waals surface area contributed by atoms with E-state index in [2.05, 4.69) is 9.97 Å². The fraction of sp³-hybridized carbons (Fsp3) is 0.133. The molecule has 3 rings (SSSR count). The zero-order chi connectivity index (χ0) is 14.1. The van der Waals surface area contributed by atoms with Crippen LogP contribution in [0.5, 0.6) is 0 Å². The lowest BCUT2D eigenvalue weighted by molar-refractivity contribution is 0.607. The highest BCUT2D eigenvalue weighted by Gasteiger charge is 2.10. The maximum Gasteiger partial charge on any atom is 0.203 e. The number of H-pyrrole nitrogens is 1. The molecule has 0 saturated carbocycles. The maximum absolute atomic E-state index is 13.6. The first-order valence-electron chi connectivity index (χ1n) is 6.33. The van der Waals surface area contributed by atoms with E-state index >= 15 is 0 Å². The smallest absolute Gasteiger partial charge is 0.203 e. The molecule has 5 heteroatoms. The highest BCUT2D eigenvalue weighted by atomic mass is 19.1. The van der Waals surface area contributed by atoms with Gasteiger partial charge in [-0.1, -0.05) is 18.2 Å². The van der Waals surface area contributed by atoms with Gasteiger partial charge in [-0.15, -0.1) is 0 Å². The number of hydrogen-bond acceptors (Lipinski definition) is 3. The Morgan fingerprint density at radius 2 is 2.05 bits per heavy atom. The summed E-state index contributed by atoms with van der Waals surface area (Å²) in [6, 6.07) is 12.2. The molecule has 0 spiro atoms. The summed E-state index contributed by atoms with van der Waals surface area (Å²) in [6.07, 6.45) is 0. The molecule has 1 aromatic heterocycles.